The molecule has 3 aliphatic carbocycles. The highest BCUT2D eigenvalue weighted by Crippen LogP contribution is 2.53. The number of rotatable bonds is 7. The van der Waals surface area contributed by atoms with Crippen LogP contribution in [-0.4, -0.2) is 55.1 Å². The number of aromatic nitrogens is 5. The van der Waals surface area contributed by atoms with Crippen LogP contribution in [0, 0.1) is 11.2 Å². The van der Waals surface area contributed by atoms with Gasteiger partial charge in [-0.3, -0.25) is 9.48 Å². The molecular formula is C29H26F4N6O3S2. The zero-order valence-corrected chi connectivity index (χ0v) is 25.0. The average molecular weight is 647 g/mol. The minimum absolute atomic E-state index is 0.0718. The molecule has 0 aliphatic heterocycles. The topological polar surface area (TPSA) is 103 Å². The predicted octanol–water partition coefficient (Wildman–Crippen LogP) is 5.43. The minimum Gasteiger partial charge on any atom is -0.290 e. The first-order chi connectivity index (χ1) is 20.9. The van der Waals surface area contributed by atoms with Gasteiger partial charge in [0.2, 0.25) is 5.78 Å². The highest BCUT2D eigenvalue weighted by atomic mass is 32.2. The zero-order valence-electron chi connectivity index (χ0n) is 23.3. The summed E-state index contributed by atoms with van der Waals surface area (Å²) >= 11 is 0.296. The van der Waals surface area contributed by atoms with E-state index in [1.807, 2.05) is 6.08 Å². The molecule has 3 aliphatic rings. The van der Waals surface area contributed by atoms with Gasteiger partial charge in [0, 0.05) is 25.3 Å². The molecule has 15 heteroatoms. The summed E-state index contributed by atoms with van der Waals surface area (Å²) in [5, 5.41) is 8.27. The monoisotopic (exact) mass is 646 g/mol. The summed E-state index contributed by atoms with van der Waals surface area (Å²) in [6, 6.07) is 6.38. The maximum atomic E-state index is 14.4. The number of nitrogens with zero attached hydrogens (tertiary/aromatic N) is 6. The summed E-state index contributed by atoms with van der Waals surface area (Å²) in [6.07, 6.45) is 3.25. The van der Waals surface area contributed by atoms with Gasteiger partial charge in [0.05, 0.1) is 29.2 Å². The first kappa shape index (κ1) is 29.0. The van der Waals surface area contributed by atoms with Gasteiger partial charge in [-0.15, -0.1) is 11.3 Å². The third-order valence-corrected chi connectivity index (χ3v) is 11.6. The van der Waals surface area contributed by atoms with Crippen molar-refractivity contribution in [3.63, 3.8) is 0 Å². The van der Waals surface area contributed by atoms with Gasteiger partial charge >= 0.3 is 6.18 Å². The number of sulfonamides is 1. The molecule has 2 fully saturated rings. The van der Waals surface area contributed by atoms with E-state index in [1.165, 1.54) is 27.2 Å². The van der Waals surface area contributed by atoms with Gasteiger partial charge in [-0.2, -0.15) is 27.7 Å². The molecule has 0 unspecified atom stereocenters. The van der Waals surface area contributed by atoms with Gasteiger partial charge in [0.15, 0.2) is 10.0 Å². The second-order valence-electron chi connectivity index (χ2n) is 11.5. The molecule has 7 rings (SSSR count). The van der Waals surface area contributed by atoms with Gasteiger partial charge in [-0.05, 0) is 80.5 Å². The number of ketones is 1. The molecule has 3 aromatic heterocycles. The Bertz CT molecular complexity index is 1910. The molecule has 0 N–H and O–H groups in total. The van der Waals surface area contributed by atoms with Gasteiger partial charge in [0.25, 0.3) is 10.0 Å². The fourth-order valence-electron chi connectivity index (χ4n) is 6.46. The van der Waals surface area contributed by atoms with E-state index in [0.29, 0.717) is 65.7 Å². The first-order valence-corrected chi connectivity index (χ1v) is 16.3. The largest absolute Gasteiger partial charge is 0.427 e. The summed E-state index contributed by atoms with van der Waals surface area (Å²) in [5.41, 5.74) is 1.31. The molecular weight excluding hydrogens is 620 g/mol. The lowest BCUT2D eigenvalue weighted by atomic mass is 9.61. The van der Waals surface area contributed by atoms with Crippen molar-refractivity contribution in [3.05, 3.63) is 81.5 Å². The number of carbonyl (C=O) groups excluding carboxylic acids is 1. The average Bonchev–Trinajstić information content (AvgIpc) is 3.34. The number of allylic oxidation sites excluding steroid dienone is 1. The van der Waals surface area contributed by atoms with Gasteiger partial charge < -0.3 is 0 Å². The van der Waals surface area contributed by atoms with Crippen molar-refractivity contribution in [3.8, 4) is 5.69 Å². The van der Waals surface area contributed by atoms with Crippen molar-refractivity contribution in [2.24, 2.45) is 12.5 Å². The fourth-order valence-corrected chi connectivity index (χ4v) is 9.14. The number of alkyl halides is 3. The van der Waals surface area contributed by atoms with Crippen molar-refractivity contribution < 1.29 is 30.8 Å². The Labute approximate surface area is 253 Å². The molecule has 0 spiro atoms. The Morgan fingerprint density at radius 3 is 2.48 bits per heavy atom. The standard InChI is InChI=1S/C29H26F4N6O3S2/c1-37-11-10-25(36-37)44(41,42)39(21-8-9-21)22-5-2-18-12-23-17(15-35-38(23)20-6-3-19(30)4-7-20)13-28(18,14-22)26(40)27-34-16-24(43-27)29(31,32)33/h3-4,6-7,10-12,15-16,21-22H,2,5,8-9,13-14H2,1H3/t22-,28-/m0/s1. The van der Waals surface area contributed by atoms with E-state index in [1.54, 1.807) is 36.3 Å². The molecule has 44 heavy (non-hydrogen) atoms. The number of hydrogen-bond acceptors (Lipinski definition) is 7. The Hall–Kier alpha value is -3.69. The maximum absolute atomic E-state index is 14.4. The van der Waals surface area contributed by atoms with Gasteiger partial charge in [-0.1, -0.05) is 5.57 Å². The van der Waals surface area contributed by atoms with Crippen molar-refractivity contribution in [2.75, 3.05) is 0 Å². The van der Waals surface area contributed by atoms with Crippen LogP contribution in [0.2, 0.25) is 0 Å². The Morgan fingerprint density at radius 2 is 1.84 bits per heavy atom. The smallest absolute Gasteiger partial charge is 0.290 e. The number of carbonyl (C=O) groups is 1. The fraction of sp³-hybridized carbons (Fsp3) is 0.379. The molecule has 0 saturated heterocycles. The number of fused-ring (bicyclic) bond motifs is 2. The molecule has 0 amide bonds. The van der Waals surface area contributed by atoms with Crippen LogP contribution in [0.15, 0.2) is 59.5 Å². The van der Waals surface area contributed by atoms with Gasteiger partial charge in [0.1, 0.15) is 10.7 Å². The highest BCUT2D eigenvalue weighted by molar-refractivity contribution is 7.89. The third-order valence-electron chi connectivity index (χ3n) is 8.62. The number of thiazole rings is 1. The van der Waals surface area contributed by atoms with E-state index in [0.717, 1.165) is 0 Å². The van der Waals surface area contributed by atoms with Crippen LogP contribution in [0.5, 0.6) is 0 Å². The highest BCUT2D eigenvalue weighted by Gasteiger charge is 2.54. The first-order valence-electron chi connectivity index (χ1n) is 14.0. The second-order valence-corrected chi connectivity index (χ2v) is 14.3. The predicted molar refractivity (Wildman–Crippen MR) is 152 cm³/mol. The molecule has 1 aromatic carbocycles. The molecule has 9 nitrogen and oxygen atoms in total. The Balaban J connectivity index is 1.32. The van der Waals surface area contributed by atoms with Gasteiger partial charge in [-0.25, -0.2) is 22.5 Å². The number of halogens is 4. The normalized spacial score (nSPS) is 22.0. The summed E-state index contributed by atoms with van der Waals surface area (Å²) in [4.78, 5) is 17.3. The molecule has 2 saturated carbocycles. The minimum atomic E-state index is -4.66. The summed E-state index contributed by atoms with van der Waals surface area (Å²) in [5.74, 6) is -0.973. The third kappa shape index (κ3) is 4.81. The van der Waals surface area contributed by atoms with Crippen LogP contribution in [0.4, 0.5) is 17.6 Å². The SMILES string of the molecule is Cn1ccc(S(=O)(=O)N(C2CC2)[C@H]2CCC3=Cc4c(cnn4-c4ccc(F)cc4)C[C@]3(C(=O)c3ncc(C(F)(F)F)s3)C2)n1. The van der Waals surface area contributed by atoms with E-state index < -0.39 is 44.1 Å². The zero-order chi connectivity index (χ0) is 31.0. The number of hydrogen-bond donors (Lipinski definition) is 0. The van der Waals surface area contributed by atoms with E-state index in [4.69, 9.17) is 0 Å². The van der Waals surface area contributed by atoms with Crippen molar-refractivity contribution in [1.82, 2.24) is 28.9 Å². The van der Waals surface area contributed by atoms with E-state index in [2.05, 4.69) is 15.2 Å². The molecule has 2 atom stereocenters. The molecule has 0 radical (unpaired) electrons. The molecule has 4 aromatic rings. The Kier molecular flexibility index (Phi) is 6.71. The number of Topliss-reactive ketones (excluding diaryl/α,β-unsaturated/α-hetero) is 1. The van der Waals surface area contributed by atoms with E-state index >= 15 is 0 Å². The molecule has 0 bridgehead atoms. The van der Waals surface area contributed by atoms with Crippen LogP contribution in [0.25, 0.3) is 11.8 Å². The lowest BCUT2D eigenvalue weighted by Gasteiger charge is -2.46. The van der Waals surface area contributed by atoms with Crippen molar-refractivity contribution in [1.29, 1.82) is 0 Å². The second kappa shape index (κ2) is 10.2. The molecule has 3 heterocycles. The lowest BCUT2D eigenvalue weighted by Crippen LogP contribution is -2.51. The van der Waals surface area contributed by atoms with Crippen molar-refractivity contribution in [2.45, 2.75) is 61.8 Å². The Morgan fingerprint density at radius 1 is 1.09 bits per heavy atom. The number of benzene rings is 1. The van der Waals surface area contributed by atoms with Crippen LogP contribution in [0.3, 0.4) is 0 Å². The van der Waals surface area contributed by atoms with E-state index in [9.17, 15) is 30.8 Å². The quantitative estimate of drug-likeness (QED) is 0.196. The van der Waals surface area contributed by atoms with Crippen molar-refractivity contribution >= 4 is 33.2 Å². The maximum Gasteiger partial charge on any atom is 0.427 e. The molecule has 230 valence electrons. The summed E-state index contributed by atoms with van der Waals surface area (Å²) < 4.78 is 86.5. The van der Waals surface area contributed by atoms with Crippen LogP contribution < -0.4 is 0 Å². The summed E-state index contributed by atoms with van der Waals surface area (Å²) in [7, 11) is -2.40. The summed E-state index contributed by atoms with van der Waals surface area (Å²) in [6.45, 7) is 0. The van der Waals surface area contributed by atoms with Crippen LogP contribution in [-0.2, 0) is 29.7 Å². The number of aryl methyl sites for hydroxylation is 1. The van der Waals surface area contributed by atoms with Crippen LogP contribution >= 0.6 is 11.3 Å². The van der Waals surface area contributed by atoms with E-state index in [-0.39, 0.29) is 28.9 Å². The lowest BCUT2D eigenvalue weighted by molar-refractivity contribution is -0.134. The van der Waals surface area contributed by atoms with Crippen LogP contribution in [0.1, 0.15) is 58.0 Å².